The third-order valence-electron chi connectivity index (χ3n) is 4.74. The van der Waals surface area contributed by atoms with Gasteiger partial charge in [-0.2, -0.15) is 0 Å². The third-order valence-corrected chi connectivity index (χ3v) is 4.74. The van der Waals surface area contributed by atoms with E-state index in [1.165, 1.54) is 18.1 Å². The molecule has 24 heavy (non-hydrogen) atoms. The summed E-state index contributed by atoms with van der Waals surface area (Å²) in [5.74, 6) is -0.654. The Bertz CT molecular complexity index is 663. The summed E-state index contributed by atoms with van der Waals surface area (Å²) in [5, 5.41) is 0. The summed E-state index contributed by atoms with van der Waals surface area (Å²) < 4.78 is 5.17. The van der Waals surface area contributed by atoms with Gasteiger partial charge in [0.15, 0.2) is 6.61 Å². The van der Waals surface area contributed by atoms with E-state index in [-0.39, 0.29) is 18.4 Å². The van der Waals surface area contributed by atoms with Crippen molar-refractivity contribution in [3.8, 4) is 0 Å². The largest absolute Gasteiger partial charge is 0.452 e. The molecule has 0 N–H and O–H groups in total. The standard InChI is InChI=1S/C18H22N2O4/c1-13(21)19-7-9-20(10-8-19)17(22)12-24-18(23)16-6-5-14-3-2-4-15(14)11-16/h5-6,11H,2-4,7-10,12H2,1H3. The number of carbonyl (C=O) groups excluding carboxylic acids is 3. The van der Waals surface area contributed by atoms with Crippen LogP contribution in [-0.2, 0) is 27.2 Å². The van der Waals surface area contributed by atoms with Crippen LogP contribution >= 0.6 is 0 Å². The van der Waals surface area contributed by atoms with Gasteiger partial charge in [-0.25, -0.2) is 4.79 Å². The molecule has 6 nitrogen and oxygen atoms in total. The van der Waals surface area contributed by atoms with Crippen LogP contribution in [0, 0.1) is 0 Å². The number of esters is 1. The third kappa shape index (κ3) is 3.58. The predicted molar refractivity (Wildman–Crippen MR) is 87.6 cm³/mol. The van der Waals surface area contributed by atoms with Gasteiger partial charge in [0.2, 0.25) is 5.91 Å². The second-order valence-electron chi connectivity index (χ2n) is 6.30. The number of amides is 2. The molecule has 3 rings (SSSR count). The summed E-state index contributed by atoms with van der Waals surface area (Å²) in [4.78, 5) is 38.9. The van der Waals surface area contributed by atoms with Crippen LogP contribution in [0.2, 0.25) is 0 Å². The SMILES string of the molecule is CC(=O)N1CCN(C(=O)COC(=O)c2ccc3c(c2)CCC3)CC1. The summed E-state index contributed by atoms with van der Waals surface area (Å²) in [6, 6.07) is 5.62. The fourth-order valence-electron chi connectivity index (χ4n) is 3.27. The van der Waals surface area contributed by atoms with Gasteiger partial charge in [-0.05, 0) is 42.5 Å². The molecule has 0 radical (unpaired) electrons. The number of aryl methyl sites for hydroxylation is 2. The molecule has 0 saturated carbocycles. The first-order valence-corrected chi connectivity index (χ1v) is 8.37. The second kappa shape index (κ2) is 7.03. The van der Waals surface area contributed by atoms with Crippen LogP contribution < -0.4 is 0 Å². The van der Waals surface area contributed by atoms with Crippen molar-refractivity contribution < 1.29 is 19.1 Å². The molecule has 1 aliphatic carbocycles. The van der Waals surface area contributed by atoms with E-state index >= 15 is 0 Å². The average Bonchev–Trinajstić information content (AvgIpc) is 3.07. The predicted octanol–water partition coefficient (Wildman–Crippen LogP) is 1.02. The Morgan fingerprint density at radius 1 is 1.00 bits per heavy atom. The molecule has 6 heteroatoms. The Kier molecular flexibility index (Phi) is 4.83. The van der Waals surface area contributed by atoms with Gasteiger partial charge in [-0.15, -0.1) is 0 Å². The molecule has 2 amide bonds. The van der Waals surface area contributed by atoms with Gasteiger partial charge in [0.1, 0.15) is 0 Å². The molecule has 1 aromatic rings. The lowest BCUT2D eigenvalue weighted by atomic mass is 10.1. The normalized spacial score (nSPS) is 16.7. The summed E-state index contributed by atoms with van der Waals surface area (Å²) in [7, 11) is 0. The minimum Gasteiger partial charge on any atom is -0.452 e. The van der Waals surface area contributed by atoms with E-state index in [2.05, 4.69) is 0 Å². The van der Waals surface area contributed by atoms with E-state index in [1.807, 2.05) is 12.1 Å². The van der Waals surface area contributed by atoms with Crippen molar-refractivity contribution in [1.29, 1.82) is 0 Å². The van der Waals surface area contributed by atoms with Crippen LogP contribution in [0.1, 0.15) is 34.8 Å². The highest BCUT2D eigenvalue weighted by Gasteiger charge is 2.23. The molecule has 0 aromatic heterocycles. The molecular formula is C18H22N2O4. The molecule has 1 heterocycles. The van der Waals surface area contributed by atoms with Gasteiger partial charge in [0, 0.05) is 33.1 Å². The first-order chi connectivity index (χ1) is 11.5. The lowest BCUT2D eigenvalue weighted by molar-refractivity contribution is -0.140. The zero-order chi connectivity index (χ0) is 17.1. The van der Waals surface area contributed by atoms with Crippen LogP contribution in [0.3, 0.4) is 0 Å². The second-order valence-corrected chi connectivity index (χ2v) is 6.30. The number of piperazine rings is 1. The fraction of sp³-hybridized carbons (Fsp3) is 0.500. The Balaban J connectivity index is 1.49. The molecule has 0 atom stereocenters. The molecule has 128 valence electrons. The molecular weight excluding hydrogens is 308 g/mol. The van der Waals surface area contributed by atoms with E-state index in [1.54, 1.807) is 15.9 Å². The van der Waals surface area contributed by atoms with Crippen LogP contribution in [0.5, 0.6) is 0 Å². The maximum atomic E-state index is 12.1. The molecule has 0 bridgehead atoms. The van der Waals surface area contributed by atoms with Gasteiger partial charge >= 0.3 is 5.97 Å². The summed E-state index contributed by atoms with van der Waals surface area (Å²) in [6.07, 6.45) is 3.18. The topological polar surface area (TPSA) is 66.9 Å². The molecule has 0 unspecified atom stereocenters. The van der Waals surface area contributed by atoms with Crippen LogP contribution in [-0.4, -0.2) is 60.4 Å². The van der Waals surface area contributed by atoms with Crippen molar-refractivity contribution in [2.24, 2.45) is 0 Å². The number of hydrogen-bond donors (Lipinski definition) is 0. The van der Waals surface area contributed by atoms with Crippen LogP contribution in [0.25, 0.3) is 0 Å². The smallest absolute Gasteiger partial charge is 0.338 e. The van der Waals surface area contributed by atoms with Gasteiger partial charge < -0.3 is 14.5 Å². The van der Waals surface area contributed by atoms with Gasteiger partial charge in [-0.3, -0.25) is 9.59 Å². The van der Waals surface area contributed by atoms with E-state index in [0.29, 0.717) is 31.7 Å². The highest BCUT2D eigenvalue weighted by Crippen LogP contribution is 2.23. The molecule has 1 fully saturated rings. The van der Waals surface area contributed by atoms with Crippen molar-refractivity contribution in [3.63, 3.8) is 0 Å². The van der Waals surface area contributed by atoms with Crippen molar-refractivity contribution in [2.75, 3.05) is 32.8 Å². The number of fused-ring (bicyclic) bond motifs is 1. The van der Waals surface area contributed by atoms with E-state index in [0.717, 1.165) is 19.3 Å². The highest BCUT2D eigenvalue weighted by atomic mass is 16.5. The minimum atomic E-state index is -0.458. The van der Waals surface area contributed by atoms with Crippen molar-refractivity contribution in [1.82, 2.24) is 9.80 Å². The van der Waals surface area contributed by atoms with Crippen LogP contribution in [0.15, 0.2) is 18.2 Å². The van der Waals surface area contributed by atoms with Crippen molar-refractivity contribution in [2.45, 2.75) is 26.2 Å². The summed E-state index contributed by atoms with van der Waals surface area (Å²) >= 11 is 0. The molecule has 1 aliphatic heterocycles. The number of rotatable bonds is 3. The maximum Gasteiger partial charge on any atom is 0.338 e. The van der Waals surface area contributed by atoms with Gasteiger partial charge in [0.05, 0.1) is 5.56 Å². The van der Waals surface area contributed by atoms with Gasteiger partial charge in [-0.1, -0.05) is 6.07 Å². The number of carbonyl (C=O) groups is 3. The maximum absolute atomic E-state index is 12.1. The molecule has 0 spiro atoms. The van der Waals surface area contributed by atoms with E-state index in [4.69, 9.17) is 4.74 Å². The Labute approximate surface area is 141 Å². The lowest BCUT2D eigenvalue weighted by Gasteiger charge is -2.34. The van der Waals surface area contributed by atoms with E-state index < -0.39 is 5.97 Å². The summed E-state index contributed by atoms with van der Waals surface area (Å²) in [6.45, 7) is 3.29. The highest BCUT2D eigenvalue weighted by molar-refractivity contribution is 5.91. The number of nitrogens with zero attached hydrogens (tertiary/aromatic N) is 2. The molecule has 2 aliphatic rings. The first kappa shape index (κ1) is 16.5. The Morgan fingerprint density at radius 2 is 1.67 bits per heavy atom. The average molecular weight is 330 g/mol. The van der Waals surface area contributed by atoms with E-state index in [9.17, 15) is 14.4 Å². The molecule has 1 saturated heterocycles. The summed E-state index contributed by atoms with van der Waals surface area (Å²) in [5.41, 5.74) is 3.01. The zero-order valence-electron chi connectivity index (χ0n) is 13.9. The number of benzene rings is 1. The number of ether oxygens (including phenoxy) is 1. The van der Waals surface area contributed by atoms with Crippen LogP contribution in [0.4, 0.5) is 0 Å². The monoisotopic (exact) mass is 330 g/mol. The lowest BCUT2D eigenvalue weighted by Crippen LogP contribution is -2.51. The van der Waals surface area contributed by atoms with Gasteiger partial charge in [0.25, 0.3) is 5.91 Å². The fourth-order valence-corrected chi connectivity index (χ4v) is 3.27. The number of hydrogen-bond acceptors (Lipinski definition) is 4. The molecule has 1 aromatic carbocycles. The van der Waals surface area contributed by atoms with Crippen molar-refractivity contribution >= 4 is 17.8 Å². The minimum absolute atomic E-state index is 0.0186. The zero-order valence-corrected chi connectivity index (χ0v) is 13.9. The Hall–Kier alpha value is -2.37. The Morgan fingerprint density at radius 3 is 2.38 bits per heavy atom. The quantitative estimate of drug-likeness (QED) is 0.776. The first-order valence-electron chi connectivity index (χ1n) is 8.37. The van der Waals surface area contributed by atoms with Crippen molar-refractivity contribution in [3.05, 3.63) is 34.9 Å².